The van der Waals surface area contributed by atoms with Gasteiger partial charge in [-0.05, 0) is 37.5 Å². The zero-order valence-corrected chi connectivity index (χ0v) is 19.8. The van der Waals surface area contributed by atoms with Crippen LogP contribution in [0.5, 0.6) is 0 Å². The van der Waals surface area contributed by atoms with E-state index in [0.717, 1.165) is 11.3 Å². The molecule has 0 bridgehead atoms. The topological polar surface area (TPSA) is 92.8 Å². The van der Waals surface area contributed by atoms with Gasteiger partial charge in [0.2, 0.25) is 5.91 Å². The van der Waals surface area contributed by atoms with E-state index in [1.165, 1.54) is 7.11 Å². The number of sulfonamides is 1. The molecule has 7 nitrogen and oxygen atoms in total. The zero-order valence-electron chi connectivity index (χ0n) is 17.4. The minimum absolute atomic E-state index is 0.0176. The van der Waals surface area contributed by atoms with Gasteiger partial charge in [-0.3, -0.25) is 4.79 Å². The predicted octanol–water partition coefficient (Wildman–Crippen LogP) is 3.52. The van der Waals surface area contributed by atoms with Crippen LogP contribution in [-0.2, 0) is 39.1 Å². The molecule has 0 saturated heterocycles. The van der Waals surface area contributed by atoms with Gasteiger partial charge in [-0.1, -0.05) is 35.9 Å². The van der Waals surface area contributed by atoms with Crippen molar-refractivity contribution in [2.45, 2.75) is 37.6 Å². The van der Waals surface area contributed by atoms with Crippen LogP contribution in [0.1, 0.15) is 40.2 Å². The molecule has 10 heteroatoms. The summed E-state index contributed by atoms with van der Waals surface area (Å²) >= 11 is 7.12. The number of rotatable bonds is 6. The molecule has 3 rings (SSSR count). The van der Waals surface area contributed by atoms with Crippen molar-refractivity contribution < 1.29 is 22.7 Å². The van der Waals surface area contributed by atoms with E-state index in [0.29, 0.717) is 39.6 Å². The van der Waals surface area contributed by atoms with Gasteiger partial charge in [-0.15, -0.1) is 11.3 Å². The molecule has 166 valence electrons. The normalized spacial score (nSPS) is 14.3. The summed E-state index contributed by atoms with van der Waals surface area (Å²) in [6.07, 6.45) is 2.11. The Balaban J connectivity index is 1.95. The first-order valence-corrected chi connectivity index (χ1v) is 12.3. The fourth-order valence-corrected chi connectivity index (χ4v) is 6.45. The molecule has 1 amide bonds. The lowest BCUT2D eigenvalue weighted by Crippen LogP contribution is -2.36. The van der Waals surface area contributed by atoms with E-state index in [1.54, 1.807) is 49.1 Å². The van der Waals surface area contributed by atoms with Crippen LogP contribution in [0.3, 0.4) is 0 Å². The van der Waals surface area contributed by atoms with Crippen molar-refractivity contribution in [3.8, 4) is 0 Å². The average Bonchev–Trinajstić information content (AvgIpc) is 3.16. The van der Waals surface area contributed by atoms with Crippen LogP contribution >= 0.6 is 22.9 Å². The molecule has 1 N–H and O–H groups in total. The molecule has 0 saturated carbocycles. The number of ether oxygens (including phenoxy) is 1. The molecule has 0 aliphatic carbocycles. The van der Waals surface area contributed by atoms with E-state index in [-0.39, 0.29) is 28.8 Å². The highest BCUT2D eigenvalue weighted by molar-refractivity contribution is 7.91. The average molecular weight is 483 g/mol. The fraction of sp³-hybridized carbons (Fsp3) is 0.333. The Kier molecular flexibility index (Phi) is 7.20. The summed E-state index contributed by atoms with van der Waals surface area (Å²) in [4.78, 5) is 27.4. The number of hydrogen-bond acceptors (Lipinski definition) is 6. The molecule has 0 fully saturated rings. The van der Waals surface area contributed by atoms with Gasteiger partial charge in [-0.2, -0.15) is 0 Å². The number of esters is 1. The Hall–Kier alpha value is -2.20. The number of fused-ring (bicyclic) bond motifs is 1. The van der Waals surface area contributed by atoms with Crippen LogP contribution in [0, 0.1) is 0 Å². The second-order valence-electron chi connectivity index (χ2n) is 7.02. The lowest BCUT2D eigenvalue weighted by atomic mass is 10.0. The molecule has 0 atom stereocenters. The van der Waals surface area contributed by atoms with Gasteiger partial charge in [0.15, 0.2) is 0 Å². The smallest absolute Gasteiger partial charge is 0.340 e. The first-order valence-electron chi connectivity index (χ1n) is 9.57. The molecule has 0 radical (unpaired) electrons. The number of thiophene rings is 1. The second-order valence-corrected chi connectivity index (χ2v) is 10.5. The van der Waals surface area contributed by atoms with Crippen molar-refractivity contribution in [2.75, 3.05) is 13.7 Å². The fourth-order valence-electron chi connectivity index (χ4n) is 3.30. The molecule has 2 heterocycles. The first kappa shape index (κ1) is 23.5. The highest BCUT2D eigenvalue weighted by Gasteiger charge is 2.35. The summed E-state index contributed by atoms with van der Waals surface area (Å²) in [5.41, 5.74) is 1.90. The maximum atomic E-state index is 13.1. The largest absolute Gasteiger partial charge is 0.465 e. The third-order valence-electron chi connectivity index (χ3n) is 5.13. The summed E-state index contributed by atoms with van der Waals surface area (Å²) < 4.78 is 33.5. The van der Waals surface area contributed by atoms with Crippen molar-refractivity contribution in [3.63, 3.8) is 0 Å². The third-order valence-corrected chi connectivity index (χ3v) is 8.63. The molecule has 1 aromatic heterocycles. The number of hydrogen-bond donors (Lipinski definition) is 1. The van der Waals surface area contributed by atoms with Crippen LogP contribution in [0.2, 0.25) is 5.02 Å². The van der Waals surface area contributed by atoms with Crippen LogP contribution in [0.15, 0.2) is 40.1 Å². The zero-order chi connectivity index (χ0) is 22.8. The van der Waals surface area contributed by atoms with E-state index in [2.05, 4.69) is 4.72 Å². The Morgan fingerprint density at radius 1 is 1.32 bits per heavy atom. The maximum Gasteiger partial charge on any atom is 0.340 e. The maximum absolute atomic E-state index is 13.1. The lowest BCUT2D eigenvalue weighted by molar-refractivity contribution is -0.127. The van der Waals surface area contributed by atoms with E-state index >= 15 is 0 Å². The van der Waals surface area contributed by atoms with Gasteiger partial charge in [0.25, 0.3) is 10.0 Å². The molecule has 0 unspecified atom stereocenters. The molecule has 0 spiro atoms. The van der Waals surface area contributed by atoms with E-state index < -0.39 is 16.0 Å². The van der Waals surface area contributed by atoms with Gasteiger partial charge < -0.3 is 9.64 Å². The predicted molar refractivity (Wildman–Crippen MR) is 120 cm³/mol. The molecular weight excluding hydrogens is 460 g/mol. The van der Waals surface area contributed by atoms with Crippen LogP contribution < -0.4 is 4.72 Å². The number of carbonyl (C=O) groups is 2. The van der Waals surface area contributed by atoms with Crippen molar-refractivity contribution in [3.05, 3.63) is 62.5 Å². The number of allylic oxidation sites excluding steroid dienone is 1. The highest BCUT2D eigenvalue weighted by Crippen LogP contribution is 2.37. The molecule has 31 heavy (non-hydrogen) atoms. The molecule has 1 aliphatic heterocycles. The van der Waals surface area contributed by atoms with E-state index in [9.17, 15) is 18.0 Å². The number of methoxy groups -OCH3 is 1. The van der Waals surface area contributed by atoms with Gasteiger partial charge in [0.1, 0.15) is 4.21 Å². The molecular formula is C21H23ClN2O5S2. The number of carbonyl (C=O) groups excluding carboxylic acids is 2. The van der Waals surface area contributed by atoms with Crippen molar-refractivity contribution in [2.24, 2.45) is 0 Å². The van der Waals surface area contributed by atoms with Gasteiger partial charge in [0.05, 0.1) is 19.2 Å². The van der Waals surface area contributed by atoms with Crippen molar-refractivity contribution >= 4 is 44.8 Å². The number of halogens is 1. The summed E-state index contributed by atoms with van der Waals surface area (Å²) in [6.45, 7) is 4.15. The Labute approximate surface area is 190 Å². The summed E-state index contributed by atoms with van der Waals surface area (Å²) in [6, 6.07) is 6.91. The highest BCUT2D eigenvalue weighted by atomic mass is 35.5. The monoisotopic (exact) mass is 482 g/mol. The Morgan fingerprint density at radius 3 is 2.68 bits per heavy atom. The van der Waals surface area contributed by atoms with Gasteiger partial charge in [-0.25, -0.2) is 17.9 Å². The van der Waals surface area contributed by atoms with Crippen LogP contribution in [0.4, 0.5) is 0 Å². The van der Waals surface area contributed by atoms with E-state index in [4.69, 9.17) is 16.3 Å². The number of amides is 1. The molecule has 1 aliphatic rings. The third kappa shape index (κ3) is 4.85. The number of nitrogens with zero attached hydrogens (tertiary/aromatic N) is 1. The molecule has 1 aromatic carbocycles. The first-order chi connectivity index (χ1) is 14.7. The molecule has 2 aromatic rings. The number of benzene rings is 1. The Morgan fingerprint density at radius 2 is 2.03 bits per heavy atom. The second kappa shape index (κ2) is 9.52. The van der Waals surface area contributed by atoms with Crippen LogP contribution in [-0.4, -0.2) is 38.8 Å². The van der Waals surface area contributed by atoms with Crippen molar-refractivity contribution in [1.29, 1.82) is 0 Å². The Bertz CT molecular complexity index is 1150. The van der Waals surface area contributed by atoms with Crippen molar-refractivity contribution in [1.82, 2.24) is 9.62 Å². The van der Waals surface area contributed by atoms with Gasteiger partial charge >= 0.3 is 5.97 Å². The standard InChI is InChI=1S/C21H23ClN2O5S2/c1-4-13(2)19(25)24-10-9-15-17(12-24)30-21(18(15)20(26)29-3)31(27,28)23-11-14-7-5-6-8-16(14)22/h4-8,23H,9-12H2,1-3H3. The lowest BCUT2D eigenvalue weighted by Gasteiger charge is -2.27. The quantitative estimate of drug-likeness (QED) is 0.502. The van der Waals surface area contributed by atoms with Crippen LogP contribution in [0.25, 0.3) is 0 Å². The SMILES string of the molecule is CC=C(C)C(=O)N1CCc2c(sc(S(=O)(=O)NCc3ccccc3Cl)c2C(=O)OC)C1. The van der Waals surface area contributed by atoms with Gasteiger partial charge in [0, 0.05) is 28.6 Å². The van der Waals surface area contributed by atoms with E-state index in [1.807, 2.05) is 0 Å². The minimum atomic E-state index is -4.02. The summed E-state index contributed by atoms with van der Waals surface area (Å²) in [5, 5.41) is 0.442. The summed E-state index contributed by atoms with van der Waals surface area (Å²) in [5.74, 6) is -0.817. The number of nitrogens with one attached hydrogen (secondary N) is 1. The summed E-state index contributed by atoms with van der Waals surface area (Å²) in [7, 11) is -2.80. The minimum Gasteiger partial charge on any atom is -0.465 e.